The van der Waals surface area contributed by atoms with Gasteiger partial charge in [-0.1, -0.05) is 35.5 Å². The van der Waals surface area contributed by atoms with Crippen LogP contribution in [-0.2, 0) is 14.8 Å². The van der Waals surface area contributed by atoms with Gasteiger partial charge in [-0.2, -0.15) is 0 Å². The van der Waals surface area contributed by atoms with Crippen molar-refractivity contribution in [3.63, 3.8) is 0 Å². The Morgan fingerprint density at radius 2 is 1.89 bits per heavy atom. The Morgan fingerprint density at radius 3 is 2.57 bits per heavy atom. The smallest absolute Gasteiger partial charge is 0.230 e. The number of anilines is 1. The number of nitrogens with one attached hydrogen (secondary N) is 1. The van der Waals surface area contributed by atoms with Gasteiger partial charge in [0.05, 0.1) is 41.0 Å². The van der Waals surface area contributed by atoms with Crippen LogP contribution < -0.4 is 9.62 Å². The summed E-state index contributed by atoms with van der Waals surface area (Å²) in [5.41, 5.74) is 6.28. The number of ether oxygens (including phenoxy) is 1. The first-order valence-electron chi connectivity index (χ1n) is 12.4. The van der Waals surface area contributed by atoms with Crippen LogP contribution in [0, 0.1) is 19.8 Å². The summed E-state index contributed by atoms with van der Waals surface area (Å²) in [5, 5.41) is 4.13. The number of rotatable bonds is 6. The number of aromatic nitrogens is 2. The summed E-state index contributed by atoms with van der Waals surface area (Å²) in [6.45, 7) is 5.25. The van der Waals surface area contributed by atoms with Crippen LogP contribution in [0.2, 0.25) is 0 Å². The van der Waals surface area contributed by atoms with Crippen LogP contribution in [0.3, 0.4) is 0 Å². The van der Waals surface area contributed by atoms with Gasteiger partial charge in [0.1, 0.15) is 11.6 Å². The standard InChI is InChI=1S/C27H29N5O4S/c1-16-23(17(2)36-30-16)20-13-21-25(28-14-20)24-22(15-29-27(24)31-37(3,33)34)32(21)26(18-7-5-4-6-8-18)19-9-11-35-12-10-19/h4-8,13-15,19,22,26,31H,9-12H2,1-3H3/t22?,26-/m1/s1. The Hall–Kier alpha value is -3.50. The summed E-state index contributed by atoms with van der Waals surface area (Å²) in [7, 11) is -3.52. The number of aliphatic imine (C=N–C) groups is 1. The van der Waals surface area contributed by atoms with E-state index in [1.165, 1.54) is 5.56 Å². The molecule has 2 atom stereocenters. The monoisotopic (exact) mass is 519 g/mol. The second-order valence-electron chi connectivity index (χ2n) is 9.86. The molecular weight excluding hydrogens is 490 g/mol. The van der Waals surface area contributed by atoms with Crippen LogP contribution in [-0.4, -0.2) is 50.3 Å². The predicted molar refractivity (Wildman–Crippen MR) is 142 cm³/mol. The quantitative estimate of drug-likeness (QED) is 0.524. The summed E-state index contributed by atoms with van der Waals surface area (Å²) >= 11 is 0. The minimum atomic E-state index is -3.52. The Labute approximate surface area is 216 Å². The van der Waals surface area contributed by atoms with Crippen molar-refractivity contribution in [3.8, 4) is 11.1 Å². The van der Waals surface area contributed by atoms with Crippen LogP contribution >= 0.6 is 0 Å². The number of pyridine rings is 1. The van der Waals surface area contributed by atoms with Gasteiger partial charge in [-0.15, -0.1) is 0 Å². The maximum atomic E-state index is 12.2. The van der Waals surface area contributed by atoms with Crippen molar-refractivity contribution in [1.29, 1.82) is 0 Å². The fraction of sp³-hybridized carbons (Fsp3) is 0.370. The van der Waals surface area contributed by atoms with Gasteiger partial charge in [-0.3, -0.25) is 9.71 Å². The Balaban J connectivity index is 1.56. The molecule has 192 valence electrons. The second-order valence-corrected chi connectivity index (χ2v) is 11.6. The van der Waals surface area contributed by atoms with Crippen molar-refractivity contribution in [1.82, 2.24) is 14.9 Å². The van der Waals surface area contributed by atoms with Crippen LogP contribution in [0.5, 0.6) is 0 Å². The molecule has 9 nitrogen and oxygen atoms in total. The van der Waals surface area contributed by atoms with Gasteiger partial charge in [-0.05, 0) is 44.2 Å². The molecule has 10 heteroatoms. The zero-order chi connectivity index (χ0) is 25.7. The zero-order valence-corrected chi connectivity index (χ0v) is 21.8. The van der Waals surface area contributed by atoms with Crippen molar-refractivity contribution in [3.05, 3.63) is 71.1 Å². The highest BCUT2D eigenvalue weighted by atomic mass is 32.2. The molecule has 0 spiro atoms. The van der Waals surface area contributed by atoms with Crippen LogP contribution in [0.15, 0.2) is 57.9 Å². The molecule has 3 aliphatic heterocycles. The maximum Gasteiger partial charge on any atom is 0.230 e. The van der Waals surface area contributed by atoms with E-state index in [0.29, 0.717) is 25.0 Å². The highest BCUT2D eigenvalue weighted by Crippen LogP contribution is 2.50. The second kappa shape index (κ2) is 9.11. The number of hydrogen-bond donors (Lipinski definition) is 1. The maximum absolute atomic E-state index is 12.2. The summed E-state index contributed by atoms with van der Waals surface area (Å²) in [6.07, 6.45) is 6.63. The van der Waals surface area contributed by atoms with E-state index in [-0.39, 0.29) is 12.1 Å². The molecule has 1 N–H and O–H groups in total. The lowest BCUT2D eigenvalue weighted by Gasteiger charge is -2.40. The molecule has 1 saturated heterocycles. The fourth-order valence-electron chi connectivity index (χ4n) is 5.85. The van der Waals surface area contributed by atoms with Gasteiger partial charge in [-0.25, -0.2) is 13.4 Å². The van der Waals surface area contributed by atoms with Crippen molar-refractivity contribution >= 4 is 27.5 Å². The summed E-state index contributed by atoms with van der Waals surface area (Å²) < 4.78 is 38.1. The molecule has 6 rings (SSSR count). The van der Waals surface area contributed by atoms with Crippen molar-refractivity contribution < 1.29 is 17.7 Å². The van der Waals surface area contributed by atoms with Gasteiger partial charge in [0, 0.05) is 36.8 Å². The third-order valence-corrected chi connectivity index (χ3v) is 7.92. The molecular formula is C27H29N5O4S. The van der Waals surface area contributed by atoms with Gasteiger partial charge in [0.2, 0.25) is 10.0 Å². The van der Waals surface area contributed by atoms with Crippen molar-refractivity contribution in [2.45, 2.75) is 38.8 Å². The number of sulfonamides is 1. The summed E-state index contributed by atoms with van der Waals surface area (Å²) in [5.74, 6) is 1.40. The van der Waals surface area contributed by atoms with E-state index in [9.17, 15) is 8.42 Å². The normalized spacial score (nSPS) is 20.3. The Bertz CT molecular complexity index is 1490. The van der Waals surface area contributed by atoms with E-state index in [4.69, 9.17) is 14.2 Å². The fourth-order valence-corrected chi connectivity index (χ4v) is 6.37. The van der Waals surface area contributed by atoms with Crippen LogP contribution in [0.4, 0.5) is 5.69 Å². The molecule has 0 radical (unpaired) electrons. The average Bonchev–Trinajstić information content (AvgIpc) is 3.53. The van der Waals surface area contributed by atoms with Gasteiger partial charge >= 0.3 is 0 Å². The molecule has 3 aromatic rings. The lowest BCUT2D eigenvalue weighted by atomic mass is 9.85. The molecule has 1 fully saturated rings. The molecule has 1 unspecified atom stereocenters. The van der Waals surface area contributed by atoms with E-state index in [1.807, 2.05) is 26.1 Å². The molecule has 3 aliphatic rings. The summed E-state index contributed by atoms with van der Waals surface area (Å²) in [6, 6.07) is 12.4. The number of fused-ring (bicyclic) bond motifs is 3. The number of aryl methyl sites for hydroxylation is 2. The average molecular weight is 520 g/mol. The highest BCUT2D eigenvalue weighted by Gasteiger charge is 2.45. The number of hydrogen-bond acceptors (Lipinski definition) is 8. The van der Waals surface area contributed by atoms with Crippen molar-refractivity contribution in [2.24, 2.45) is 10.9 Å². The molecule has 0 bridgehead atoms. The minimum Gasteiger partial charge on any atom is -0.381 e. The summed E-state index contributed by atoms with van der Waals surface area (Å²) in [4.78, 5) is 11.8. The third kappa shape index (κ3) is 4.23. The third-order valence-electron chi connectivity index (χ3n) is 7.35. The van der Waals surface area contributed by atoms with Crippen LogP contribution in [0.25, 0.3) is 16.7 Å². The van der Waals surface area contributed by atoms with E-state index in [1.54, 1.807) is 6.20 Å². The first-order chi connectivity index (χ1) is 17.8. The Morgan fingerprint density at radius 1 is 1.14 bits per heavy atom. The molecule has 1 aromatic carbocycles. The first-order valence-corrected chi connectivity index (χ1v) is 14.3. The van der Waals surface area contributed by atoms with E-state index in [2.05, 4.69) is 50.1 Å². The topological polar surface area (TPSA) is 110 Å². The van der Waals surface area contributed by atoms with E-state index < -0.39 is 10.0 Å². The van der Waals surface area contributed by atoms with Crippen molar-refractivity contribution in [2.75, 3.05) is 24.4 Å². The van der Waals surface area contributed by atoms with Gasteiger partial charge < -0.3 is 14.2 Å². The lowest BCUT2D eigenvalue weighted by Crippen LogP contribution is -2.41. The molecule has 0 amide bonds. The zero-order valence-electron chi connectivity index (χ0n) is 21.0. The van der Waals surface area contributed by atoms with Gasteiger partial charge in [0.15, 0.2) is 0 Å². The minimum absolute atomic E-state index is 0.0251. The predicted octanol–water partition coefficient (Wildman–Crippen LogP) is 4.01. The van der Waals surface area contributed by atoms with E-state index >= 15 is 0 Å². The highest BCUT2D eigenvalue weighted by molar-refractivity contribution is 7.88. The molecule has 0 saturated carbocycles. The molecule has 5 heterocycles. The van der Waals surface area contributed by atoms with E-state index in [0.717, 1.165) is 58.6 Å². The van der Waals surface area contributed by atoms with Crippen LogP contribution in [0.1, 0.15) is 41.6 Å². The van der Waals surface area contributed by atoms with Gasteiger partial charge in [0.25, 0.3) is 0 Å². The Kier molecular flexibility index (Phi) is 5.88. The first kappa shape index (κ1) is 23.9. The molecule has 0 aliphatic carbocycles. The molecule has 2 aromatic heterocycles. The lowest BCUT2D eigenvalue weighted by molar-refractivity contribution is 0.0573. The number of nitrogens with zero attached hydrogens (tertiary/aromatic N) is 4. The SMILES string of the molecule is Cc1noc(C)c1-c1cnc2c(c1)N([C@H](c1ccccc1)C1CCOCC1)C1C=NC(NS(C)(=O)=O)=C21. The number of benzene rings is 1. The molecule has 37 heavy (non-hydrogen) atoms. The largest absolute Gasteiger partial charge is 0.381 e.